The standard InChI is InChI=1S/C26H30N2O4S/c1-17(2)24-13-6-18(3)14-25(24)32-16-26(29)27-21-9-11-23(12-10-21)33(30,31)28-22-8-7-19(4)20(5)15-22/h6-15,17,28H,16H2,1-5H3,(H,27,29). The molecule has 3 rings (SSSR count). The number of anilines is 2. The molecule has 0 saturated carbocycles. The fraction of sp³-hybridized carbons (Fsp3) is 0.269. The highest BCUT2D eigenvalue weighted by atomic mass is 32.2. The molecule has 0 bridgehead atoms. The van der Waals surface area contributed by atoms with Crippen molar-refractivity contribution < 1.29 is 17.9 Å². The Morgan fingerprint density at radius 2 is 1.55 bits per heavy atom. The molecule has 3 aromatic carbocycles. The van der Waals surface area contributed by atoms with E-state index in [1.165, 1.54) is 12.1 Å². The number of ether oxygens (including phenoxy) is 1. The van der Waals surface area contributed by atoms with Crippen LogP contribution in [-0.4, -0.2) is 20.9 Å². The minimum Gasteiger partial charge on any atom is -0.483 e. The number of hydrogen-bond acceptors (Lipinski definition) is 4. The quantitative estimate of drug-likeness (QED) is 0.456. The number of carbonyl (C=O) groups excluding carboxylic acids is 1. The van der Waals surface area contributed by atoms with E-state index in [4.69, 9.17) is 4.74 Å². The lowest BCUT2D eigenvalue weighted by Gasteiger charge is -2.15. The summed E-state index contributed by atoms with van der Waals surface area (Å²) in [6.45, 7) is 9.87. The van der Waals surface area contributed by atoms with Gasteiger partial charge in [-0.25, -0.2) is 8.42 Å². The topological polar surface area (TPSA) is 84.5 Å². The highest BCUT2D eigenvalue weighted by Crippen LogP contribution is 2.27. The predicted molar refractivity (Wildman–Crippen MR) is 133 cm³/mol. The molecule has 1 amide bonds. The summed E-state index contributed by atoms with van der Waals surface area (Å²) in [5, 5.41) is 2.74. The van der Waals surface area contributed by atoms with Crippen molar-refractivity contribution in [2.24, 2.45) is 0 Å². The molecule has 0 unspecified atom stereocenters. The van der Waals surface area contributed by atoms with Crippen LogP contribution in [0.5, 0.6) is 5.75 Å². The molecule has 0 aliphatic heterocycles. The van der Waals surface area contributed by atoms with Gasteiger partial charge in [0.2, 0.25) is 0 Å². The lowest BCUT2D eigenvalue weighted by Crippen LogP contribution is -2.20. The Hall–Kier alpha value is -3.32. The highest BCUT2D eigenvalue weighted by molar-refractivity contribution is 7.92. The maximum absolute atomic E-state index is 12.7. The molecular weight excluding hydrogens is 436 g/mol. The van der Waals surface area contributed by atoms with Crippen LogP contribution >= 0.6 is 0 Å². The second kappa shape index (κ2) is 10.1. The van der Waals surface area contributed by atoms with Crippen molar-refractivity contribution in [2.45, 2.75) is 45.4 Å². The van der Waals surface area contributed by atoms with E-state index in [1.807, 2.05) is 45.0 Å². The van der Waals surface area contributed by atoms with E-state index in [-0.39, 0.29) is 23.3 Å². The summed E-state index contributed by atoms with van der Waals surface area (Å²) in [4.78, 5) is 12.5. The molecule has 0 spiro atoms. The Morgan fingerprint density at radius 1 is 0.879 bits per heavy atom. The molecule has 0 aliphatic carbocycles. The smallest absolute Gasteiger partial charge is 0.262 e. The Kier molecular flexibility index (Phi) is 7.43. The number of benzene rings is 3. The Morgan fingerprint density at radius 3 is 2.18 bits per heavy atom. The molecule has 3 aromatic rings. The fourth-order valence-corrected chi connectivity index (χ4v) is 4.37. The molecule has 0 heterocycles. The van der Waals surface area contributed by atoms with Gasteiger partial charge in [-0.1, -0.05) is 32.0 Å². The molecule has 0 fully saturated rings. The van der Waals surface area contributed by atoms with Gasteiger partial charge in [-0.2, -0.15) is 0 Å². The zero-order chi connectivity index (χ0) is 24.2. The monoisotopic (exact) mass is 466 g/mol. The number of hydrogen-bond donors (Lipinski definition) is 2. The average Bonchev–Trinajstić information content (AvgIpc) is 2.75. The van der Waals surface area contributed by atoms with E-state index in [1.54, 1.807) is 24.3 Å². The van der Waals surface area contributed by atoms with Gasteiger partial charge in [0.25, 0.3) is 15.9 Å². The first kappa shape index (κ1) is 24.3. The molecule has 0 aliphatic rings. The van der Waals surface area contributed by atoms with E-state index in [0.717, 1.165) is 22.3 Å². The third-order valence-electron chi connectivity index (χ3n) is 5.36. The molecule has 6 nitrogen and oxygen atoms in total. The van der Waals surface area contributed by atoms with Crippen LogP contribution in [0.2, 0.25) is 0 Å². The molecule has 0 saturated heterocycles. The third-order valence-corrected chi connectivity index (χ3v) is 6.75. The number of nitrogens with one attached hydrogen (secondary N) is 2. The summed E-state index contributed by atoms with van der Waals surface area (Å²) in [6, 6.07) is 17.4. The second-order valence-electron chi connectivity index (χ2n) is 8.46. The van der Waals surface area contributed by atoms with Crippen LogP contribution < -0.4 is 14.8 Å². The van der Waals surface area contributed by atoms with Crippen molar-refractivity contribution in [2.75, 3.05) is 16.6 Å². The second-order valence-corrected chi connectivity index (χ2v) is 10.1. The van der Waals surface area contributed by atoms with Crippen LogP contribution in [0.3, 0.4) is 0 Å². The van der Waals surface area contributed by atoms with Gasteiger partial charge in [-0.05, 0) is 91.4 Å². The van der Waals surface area contributed by atoms with Gasteiger partial charge in [0, 0.05) is 11.4 Å². The predicted octanol–water partition coefficient (Wildman–Crippen LogP) is 5.55. The Labute approximate surface area is 196 Å². The molecule has 7 heteroatoms. The summed E-state index contributed by atoms with van der Waals surface area (Å²) in [5.74, 6) is 0.643. The zero-order valence-corrected chi connectivity index (χ0v) is 20.4. The summed E-state index contributed by atoms with van der Waals surface area (Å²) in [7, 11) is -3.74. The van der Waals surface area contributed by atoms with Gasteiger partial charge in [0.05, 0.1) is 4.90 Å². The van der Waals surface area contributed by atoms with E-state index in [9.17, 15) is 13.2 Å². The van der Waals surface area contributed by atoms with E-state index in [2.05, 4.69) is 23.9 Å². The van der Waals surface area contributed by atoms with Crippen LogP contribution in [0, 0.1) is 20.8 Å². The van der Waals surface area contributed by atoms with E-state index < -0.39 is 10.0 Å². The lowest BCUT2D eigenvalue weighted by molar-refractivity contribution is -0.118. The number of amides is 1. The van der Waals surface area contributed by atoms with Gasteiger partial charge < -0.3 is 10.1 Å². The molecule has 2 N–H and O–H groups in total. The third kappa shape index (κ3) is 6.35. The Bertz CT molecular complexity index is 1250. The van der Waals surface area contributed by atoms with Crippen LogP contribution in [0.4, 0.5) is 11.4 Å². The minimum atomic E-state index is -3.74. The molecule has 174 valence electrons. The molecule has 0 atom stereocenters. The molecule has 33 heavy (non-hydrogen) atoms. The van der Waals surface area contributed by atoms with Gasteiger partial charge in [0.1, 0.15) is 5.75 Å². The fourth-order valence-electron chi connectivity index (χ4n) is 3.32. The zero-order valence-electron chi connectivity index (χ0n) is 19.6. The number of sulfonamides is 1. The first-order chi connectivity index (χ1) is 15.5. The van der Waals surface area contributed by atoms with Crippen LogP contribution in [0.25, 0.3) is 0 Å². The largest absolute Gasteiger partial charge is 0.483 e. The molecular formula is C26H30N2O4S. The van der Waals surface area contributed by atoms with E-state index >= 15 is 0 Å². The number of rotatable bonds is 8. The first-order valence-corrected chi connectivity index (χ1v) is 12.3. The van der Waals surface area contributed by atoms with Crippen molar-refractivity contribution in [3.8, 4) is 5.75 Å². The number of aryl methyl sites for hydroxylation is 3. The highest BCUT2D eigenvalue weighted by Gasteiger charge is 2.15. The van der Waals surface area contributed by atoms with Crippen molar-refractivity contribution in [1.82, 2.24) is 0 Å². The van der Waals surface area contributed by atoms with Crippen LogP contribution in [0.1, 0.15) is 42.0 Å². The van der Waals surface area contributed by atoms with Crippen molar-refractivity contribution in [3.63, 3.8) is 0 Å². The van der Waals surface area contributed by atoms with E-state index in [0.29, 0.717) is 17.1 Å². The van der Waals surface area contributed by atoms with Crippen molar-refractivity contribution in [3.05, 3.63) is 82.9 Å². The normalized spacial score (nSPS) is 11.3. The maximum Gasteiger partial charge on any atom is 0.262 e. The van der Waals surface area contributed by atoms with Gasteiger partial charge in [0.15, 0.2) is 6.61 Å². The average molecular weight is 467 g/mol. The first-order valence-electron chi connectivity index (χ1n) is 10.8. The SMILES string of the molecule is Cc1ccc(C(C)C)c(OCC(=O)Nc2ccc(S(=O)(=O)Nc3ccc(C)c(C)c3)cc2)c1. The Balaban J connectivity index is 1.62. The molecule has 0 aromatic heterocycles. The summed E-state index contributed by atoms with van der Waals surface area (Å²) >= 11 is 0. The van der Waals surface area contributed by atoms with Gasteiger partial charge in [-0.3, -0.25) is 9.52 Å². The minimum absolute atomic E-state index is 0.108. The lowest BCUT2D eigenvalue weighted by atomic mass is 10.0. The van der Waals surface area contributed by atoms with Gasteiger partial charge in [-0.15, -0.1) is 0 Å². The van der Waals surface area contributed by atoms with Gasteiger partial charge >= 0.3 is 0 Å². The maximum atomic E-state index is 12.7. The van der Waals surface area contributed by atoms with Crippen LogP contribution in [-0.2, 0) is 14.8 Å². The van der Waals surface area contributed by atoms with Crippen molar-refractivity contribution >= 4 is 27.3 Å². The summed E-state index contributed by atoms with van der Waals surface area (Å²) < 4.78 is 33.7. The number of carbonyl (C=O) groups is 1. The molecule has 0 radical (unpaired) electrons. The van der Waals surface area contributed by atoms with Crippen molar-refractivity contribution in [1.29, 1.82) is 0 Å². The summed E-state index contributed by atoms with van der Waals surface area (Å²) in [6.07, 6.45) is 0. The summed E-state index contributed by atoms with van der Waals surface area (Å²) in [5.41, 5.74) is 5.18. The van der Waals surface area contributed by atoms with Crippen LogP contribution in [0.15, 0.2) is 65.6 Å².